The number of rotatable bonds is 4. The van der Waals surface area contributed by atoms with Crippen LogP contribution in [0.15, 0.2) is 35.2 Å². The minimum Gasteiger partial charge on any atom is -0.481 e. The van der Waals surface area contributed by atoms with Crippen molar-refractivity contribution in [3.63, 3.8) is 0 Å². The van der Waals surface area contributed by atoms with Crippen LogP contribution in [-0.2, 0) is 19.6 Å². The quantitative estimate of drug-likeness (QED) is 0.808. The van der Waals surface area contributed by atoms with E-state index in [4.69, 9.17) is 9.84 Å². The number of nitrogens with one attached hydrogen (secondary N) is 1. The first kappa shape index (κ1) is 13.0. The van der Waals surface area contributed by atoms with Crippen molar-refractivity contribution < 1.29 is 23.1 Å². The summed E-state index contributed by atoms with van der Waals surface area (Å²) in [6.07, 6.45) is 0. The van der Waals surface area contributed by atoms with E-state index in [9.17, 15) is 13.2 Å². The van der Waals surface area contributed by atoms with Gasteiger partial charge in [0.25, 0.3) is 0 Å². The van der Waals surface area contributed by atoms with E-state index in [0.29, 0.717) is 0 Å². The molecule has 0 aliphatic carbocycles. The number of carboxylic acid groups (broad SMARTS) is 1. The Labute approximate surface area is 105 Å². The van der Waals surface area contributed by atoms with E-state index in [-0.39, 0.29) is 18.1 Å². The zero-order chi connectivity index (χ0) is 13.2. The third kappa shape index (κ3) is 2.69. The maximum atomic E-state index is 12.0. The van der Waals surface area contributed by atoms with Crippen LogP contribution in [0.3, 0.4) is 0 Å². The number of hydrogen-bond donors (Lipinski definition) is 2. The second-order valence-electron chi connectivity index (χ2n) is 4.02. The van der Waals surface area contributed by atoms with Crippen LogP contribution in [-0.4, -0.2) is 38.7 Å². The molecule has 1 aliphatic rings. The predicted octanol–water partition coefficient (Wildman–Crippen LogP) is 0.0645. The van der Waals surface area contributed by atoms with Gasteiger partial charge in [0.05, 0.1) is 30.1 Å². The molecule has 6 nitrogen and oxygen atoms in total. The molecule has 1 aliphatic heterocycles. The summed E-state index contributed by atoms with van der Waals surface area (Å²) in [6.45, 7) is 0.0976. The zero-order valence-corrected chi connectivity index (χ0v) is 10.3. The Morgan fingerprint density at radius 1 is 1.28 bits per heavy atom. The second kappa shape index (κ2) is 5.05. The third-order valence-corrected chi connectivity index (χ3v) is 4.26. The number of hydrogen-bond acceptors (Lipinski definition) is 4. The van der Waals surface area contributed by atoms with Gasteiger partial charge < -0.3 is 9.84 Å². The van der Waals surface area contributed by atoms with Gasteiger partial charge in [-0.2, -0.15) is 0 Å². The fourth-order valence-corrected chi connectivity index (χ4v) is 3.06. The molecule has 0 spiro atoms. The number of sulfonamides is 1. The van der Waals surface area contributed by atoms with E-state index < -0.39 is 28.0 Å². The second-order valence-corrected chi connectivity index (χ2v) is 5.74. The molecule has 1 aromatic carbocycles. The SMILES string of the molecule is O=C(O)C1COCC1NS(=O)(=O)c1ccccc1. The molecule has 0 saturated carbocycles. The first-order valence-corrected chi connectivity index (χ1v) is 6.87. The minimum atomic E-state index is -3.70. The molecule has 18 heavy (non-hydrogen) atoms. The van der Waals surface area contributed by atoms with Crippen molar-refractivity contribution in [2.75, 3.05) is 13.2 Å². The average Bonchev–Trinajstić information content (AvgIpc) is 2.78. The molecular weight excluding hydrogens is 258 g/mol. The van der Waals surface area contributed by atoms with Gasteiger partial charge in [0.1, 0.15) is 0 Å². The number of benzene rings is 1. The Hall–Kier alpha value is -1.44. The standard InChI is InChI=1S/C11H13NO5S/c13-11(14)9-6-17-7-10(9)12-18(15,16)8-4-2-1-3-5-8/h1-5,9-10,12H,6-7H2,(H,13,14). The van der Waals surface area contributed by atoms with Gasteiger partial charge in [-0.3, -0.25) is 4.79 Å². The van der Waals surface area contributed by atoms with E-state index in [0.717, 1.165) is 0 Å². The van der Waals surface area contributed by atoms with Crippen molar-refractivity contribution in [1.82, 2.24) is 4.72 Å². The molecule has 0 amide bonds. The summed E-state index contributed by atoms with van der Waals surface area (Å²) in [5.41, 5.74) is 0. The maximum Gasteiger partial charge on any atom is 0.310 e. The maximum absolute atomic E-state index is 12.0. The lowest BCUT2D eigenvalue weighted by Gasteiger charge is -2.15. The first-order chi connectivity index (χ1) is 8.50. The van der Waals surface area contributed by atoms with Crippen molar-refractivity contribution in [3.8, 4) is 0 Å². The van der Waals surface area contributed by atoms with E-state index in [1.807, 2.05) is 0 Å². The fourth-order valence-electron chi connectivity index (χ4n) is 1.78. The van der Waals surface area contributed by atoms with Crippen LogP contribution < -0.4 is 4.72 Å². The summed E-state index contributed by atoms with van der Waals surface area (Å²) in [7, 11) is -3.70. The summed E-state index contributed by atoms with van der Waals surface area (Å²) in [5, 5.41) is 8.94. The molecule has 1 fully saturated rings. The number of aliphatic carboxylic acids is 1. The summed E-state index contributed by atoms with van der Waals surface area (Å²) in [4.78, 5) is 11.0. The van der Waals surface area contributed by atoms with Gasteiger partial charge in [-0.1, -0.05) is 18.2 Å². The Morgan fingerprint density at radius 3 is 2.56 bits per heavy atom. The summed E-state index contributed by atoms with van der Waals surface area (Å²) in [5.74, 6) is -1.91. The van der Waals surface area contributed by atoms with Gasteiger partial charge in [-0.25, -0.2) is 13.1 Å². The van der Waals surface area contributed by atoms with Gasteiger partial charge in [0.2, 0.25) is 10.0 Å². The van der Waals surface area contributed by atoms with Crippen LogP contribution >= 0.6 is 0 Å². The molecule has 2 N–H and O–H groups in total. The Balaban J connectivity index is 2.16. The summed E-state index contributed by atoms with van der Waals surface area (Å²) < 4.78 is 31.4. The topological polar surface area (TPSA) is 92.7 Å². The molecule has 1 saturated heterocycles. The molecule has 1 aromatic rings. The van der Waals surface area contributed by atoms with Crippen LogP contribution in [0, 0.1) is 5.92 Å². The van der Waals surface area contributed by atoms with Crippen LogP contribution in [0.25, 0.3) is 0 Å². The lowest BCUT2D eigenvalue weighted by Crippen LogP contribution is -2.42. The van der Waals surface area contributed by atoms with Crippen molar-refractivity contribution in [1.29, 1.82) is 0 Å². The van der Waals surface area contributed by atoms with Gasteiger partial charge in [-0.15, -0.1) is 0 Å². The van der Waals surface area contributed by atoms with E-state index in [1.54, 1.807) is 18.2 Å². The van der Waals surface area contributed by atoms with Crippen LogP contribution in [0.5, 0.6) is 0 Å². The summed E-state index contributed by atoms with van der Waals surface area (Å²) >= 11 is 0. The highest BCUT2D eigenvalue weighted by atomic mass is 32.2. The minimum absolute atomic E-state index is 0.0251. The third-order valence-electron chi connectivity index (χ3n) is 2.76. The first-order valence-electron chi connectivity index (χ1n) is 5.38. The largest absolute Gasteiger partial charge is 0.481 e. The molecule has 98 valence electrons. The number of carboxylic acids is 1. The van der Waals surface area contributed by atoms with Gasteiger partial charge in [-0.05, 0) is 12.1 Å². The smallest absolute Gasteiger partial charge is 0.310 e. The van der Waals surface area contributed by atoms with Gasteiger partial charge >= 0.3 is 5.97 Å². The fraction of sp³-hybridized carbons (Fsp3) is 0.364. The average molecular weight is 271 g/mol. The van der Waals surface area contributed by atoms with Crippen LogP contribution in [0.2, 0.25) is 0 Å². The van der Waals surface area contributed by atoms with E-state index >= 15 is 0 Å². The Kier molecular flexibility index (Phi) is 3.65. The van der Waals surface area contributed by atoms with E-state index in [2.05, 4.69) is 4.72 Å². The monoisotopic (exact) mass is 271 g/mol. The van der Waals surface area contributed by atoms with Gasteiger partial charge in [0, 0.05) is 0 Å². The molecular formula is C11H13NO5S. The summed E-state index contributed by atoms with van der Waals surface area (Å²) in [6, 6.07) is 7.09. The lowest BCUT2D eigenvalue weighted by molar-refractivity contribution is -0.142. The highest BCUT2D eigenvalue weighted by Crippen LogP contribution is 2.17. The lowest BCUT2D eigenvalue weighted by atomic mass is 10.1. The predicted molar refractivity (Wildman–Crippen MR) is 62.5 cm³/mol. The van der Waals surface area contributed by atoms with Crippen molar-refractivity contribution in [3.05, 3.63) is 30.3 Å². The van der Waals surface area contributed by atoms with Crippen molar-refractivity contribution in [2.45, 2.75) is 10.9 Å². The molecule has 2 atom stereocenters. The molecule has 1 heterocycles. The Morgan fingerprint density at radius 2 is 1.94 bits per heavy atom. The molecule has 0 aromatic heterocycles. The molecule has 0 radical (unpaired) electrons. The highest BCUT2D eigenvalue weighted by molar-refractivity contribution is 7.89. The molecule has 7 heteroatoms. The highest BCUT2D eigenvalue weighted by Gasteiger charge is 2.36. The molecule has 2 unspecified atom stereocenters. The molecule has 0 bridgehead atoms. The van der Waals surface area contributed by atoms with E-state index in [1.165, 1.54) is 12.1 Å². The van der Waals surface area contributed by atoms with Crippen LogP contribution in [0.1, 0.15) is 0 Å². The van der Waals surface area contributed by atoms with Crippen molar-refractivity contribution >= 4 is 16.0 Å². The zero-order valence-electron chi connectivity index (χ0n) is 9.44. The van der Waals surface area contributed by atoms with Crippen LogP contribution in [0.4, 0.5) is 0 Å². The van der Waals surface area contributed by atoms with Crippen molar-refractivity contribution in [2.24, 2.45) is 5.92 Å². The molecule has 2 rings (SSSR count). The Bertz CT molecular complexity index is 528. The number of ether oxygens (including phenoxy) is 1. The van der Waals surface area contributed by atoms with Gasteiger partial charge in [0.15, 0.2) is 0 Å². The normalized spacial score (nSPS) is 24.0. The number of carbonyl (C=O) groups is 1.